The molecule has 0 aliphatic carbocycles. The van der Waals surface area contributed by atoms with Gasteiger partial charge in [-0.05, 0) is 0 Å². The van der Waals surface area contributed by atoms with E-state index in [1.165, 1.54) is 36.2 Å². The average Bonchev–Trinajstić information content (AvgIpc) is 3.00. The Kier molecular flexibility index (Phi) is 9.50. The Bertz CT molecular complexity index is 726. The number of unbranched alkanes of at least 4 members (excludes halogenated alkanes) is 3. The minimum absolute atomic E-state index is 0.118. The summed E-state index contributed by atoms with van der Waals surface area (Å²) >= 11 is -2.73. The Balaban J connectivity index is 2.35. The summed E-state index contributed by atoms with van der Waals surface area (Å²) in [6.07, 6.45) is 6.86. The van der Waals surface area contributed by atoms with Gasteiger partial charge in [0.25, 0.3) is 0 Å². The van der Waals surface area contributed by atoms with Gasteiger partial charge in [0.15, 0.2) is 0 Å². The number of amides is 2. The zero-order valence-corrected chi connectivity index (χ0v) is 21.5. The monoisotopic (exact) mass is 526 g/mol. The third-order valence-corrected chi connectivity index (χ3v) is 21.8. The molecule has 0 spiro atoms. The van der Waals surface area contributed by atoms with Gasteiger partial charge in [0, 0.05) is 0 Å². The molecule has 1 aliphatic heterocycles. The summed E-state index contributed by atoms with van der Waals surface area (Å²) in [4.78, 5) is 39.7. The van der Waals surface area contributed by atoms with E-state index < -0.39 is 41.0 Å². The van der Waals surface area contributed by atoms with Crippen molar-refractivity contribution in [2.45, 2.75) is 85.4 Å². The molecule has 0 atom stereocenters. The first-order valence-corrected chi connectivity index (χ1v) is 18.8. The van der Waals surface area contributed by atoms with E-state index in [1.54, 1.807) is 6.07 Å². The van der Waals surface area contributed by atoms with E-state index in [1.807, 2.05) is 12.1 Å². The topological polar surface area (TPSA) is 80.7 Å². The van der Waals surface area contributed by atoms with Gasteiger partial charge in [-0.25, -0.2) is 0 Å². The normalized spacial score (nSPS) is 16.1. The van der Waals surface area contributed by atoms with Crippen molar-refractivity contribution < 1.29 is 29.2 Å². The molecule has 1 saturated heterocycles. The summed E-state index contributed by atoms with van der Waals surface area (Å²) in [5, 5.41) is 10.2. The van der Waals surface area contributed by atoms with Crippen LogP contribution in [0.1, 0.15) is 82.5 Å². The maximum absolute atomic E-state index is 12.7. The molecule has 0 saturated carbocycles. The van der Waals surface area contributed by atoms with Gasteiger partial charge in [-0.15, -0.1) is 0 Å². The fourth-order valence-corrected chi connectivity index (χ4v) is 20.3. The number of benzene rings is 1. The van der Waals surface area contributed by atoms with Gasteiger partial charge in [-0.3, -0.25) is 0 Å². The van der Waals surface area contributed by atoms with Crippen molar-refractivity contribution in [3.8, 4) is 0 Å². The van der Waals surface area contributed by atoms with Crippen LogP contribution in [0.25, 0.3) is 0 Å². The standard InChI is InChI=1S/C11H9NO5.3C4H9.Sn/c13-9-6-7-10(14)12(9,16)17-11(15)8-4-2-1-3-5-8;3*1-3-4-2;/h1-2,4-5,16H,6-7H2;3*1,3-4H2,2H3;/q+1;;;;. The van der Waals surface area contributed by atoms with E-state index in [4.69, 9.17) is 4.84 Å². The number of carbonyl (C=O) groups excluding carboxylic acids is 3. The molecule has 0 bridgehead atoms. The van der Waals surface area contributed by atoms with Crippen LogP contribution in [0.15, 0.2) is 24.3 Å². The maximum atomic E-state index is 12.7. The molecule has 0 radical (unpaired) electrons. The van der Waals surface area contributed by atoms with Crippen molar-refractivity contribution in [3.63, 3.8) is 0 Å². The van der Waals surface area contributed by atoms with E-state index in [0.29, 0.717) is 5.56 Å². The van der Waals surface area contributed by atoms with E-state index in [0.717, 1.165) is 19.3 Å². The van der Waals surface area contributed by atoms with Crippen LogP contribution in [-0.2, 0) is 14.4 Å². The number of quaternary nitrogens is 1. The molecule has 0 unspecified atom stereocenters. The van der Waals surface area contributed by atoms with Crippen molar-refractivity contribution in [2.75, 3.05) is 0 Å². The van der Waals surface area contributed by atoms with E-state index >= 15 is 0 Å². The van der Waals surface area contributed by atoms with Crippen LogP contribution in [-0.4, -0.2) is 46.2 Å². The van der Waals surface area contributed by atoms with Crippen molar-refractivity contribution in [1.29, 1.82) is 0 Å². The zero-order valence-electron chi connectivity index (χ0n) is 18.6. The molecule has 1 fully saturated rings. The Morgan fingerprint density at radius 1 is 0.967 bits per heavy atom. The first-order chi connectivity index (χ1) is 14.3. The summed E-state index contributed by atoms with van der Waals surface area (Å²) in [5.74, 6) is -2.43. The SMILES string of the molecule is CCC[CH2][Sn]([CH2]CCC)([CH2]CCC)[c]1cccc(C(=O)O[N+]2(O)C(=O)CCC2=O)c1. The van der Waals surface area contributed by atoms with Gasteiger partial charge in [0.2, 0.25) is 0 Å². The molecule has 30 heavy (non-hydrogen) atoms. The van der Waals surface area contributed by atoms with Crippen LogP contribution in [0.5, 0.6) is 0 Å². The summed E-state index contributed by atoms with van der Waals surface area (Å²) in [6.45, 7) is 6.66. The van der Waals surface area contributed by atoms with Crippen molar-refractivity contribution in [1.82, 2.24) is 0 Å². The van der Waals surface area contributed by atoms with Gasteiger partial charge in [-0.2, -0.15) is 0 Å². The molecule has 2 rings (SSSR count). The summed E-state index contributed by atoms with van der Waals surface area (Å²) < 4.78 is 5.10. The predicted octanol–water partition coefficient (Wildman–Crippen LogP) is 4.87. The third-order valence-electron chi connectivity index (χ3n) is 6.18. The molecule has 1 aromatic rings. The van der Waals surface area contributed by atoms with Gasteiger partial charge in [-0.1, -0.05) is 0 Å². The van der Waals surface area contributed by atoms with Gasteiger partial charge >= 0.3 is 184 Å². The molecule has 7 heteroatoms. The van der Waals surface area contributed by atoms with Gasteiger partial charge < -0.3 is 0 Å². The van der Waals surface area contributed by atoms with Crippen LogP contribution >= 0.6 is 0 Å². The first kappa shape index (κ1) is 25.0. The number of carbonyl (C=O) groups is 3. The quantitative estimate of drug-likeness (QED) is 0.182. The molecular formula is C23H36NO5Sn+. The molecular weight excluding hydrogens is 489 g/mol. The molecule has 1 aromatic carbocycles. The van der Waals surface area contributed by atoms with Crippen LogP contribution in [0, 0.1) is 0 Å². The van der Waals surface area contributed by atoms with E-state index in [9.17, 15) is 19.6 Å². The van der Waals surface area contributed by atoms with Gasteiger partial charge in [0.05, 0.1) is 0 Å². The number of imide groups is 1. The Labute approximate surface area is 184 Å². The Morgan fingerprint density at radius 2 is 1.47 bits per heavy atom. The number of hydrogen-bond acceptors (Lipinski definition) is 5. The van der Waals surface area contributed by atoms with Crippen LogP contribution < -0.4 is 3.58 Å². The second kappa shape index (κ2) is 11.4. The summed E-state index contributed by atoms with van der Waals surface area (Å²) in [6, 6.07) is 7.58. The van der Waals surface area contributed by atoms with Crippen LogP contribution in [0.4, 0.5) is 0 Å². The fourth-order valence-electron chi connectivity index (χ4n) is 4.26. The second-order valence-electron chi connectivity index (χ2n) is 8.41. The summed E-state index contributed by atoms with van der Waals surface area (Å²) in [7, 11) is 0. The zero-order chi connectivity index (χ0) is 22.2. The minimum atomic E-state index is -2.73. The number of hydroxylamine groups is 4. The average molecular weight is 525 g/mol. The Hall–Kier alpha value is -1.25. The van der Waals surface area contributed by atoms with Crippen molar-refractivity contribution >= 4 is 39.7 Å². The summed E-state index contributed by atoms with van der Waals surface area (Å²) in [5.41, 5.74) is 0.303. The molecule has 2 amide bonds. The molecule has 1 aliphatic rings. The molecule has 6 nitrogen and oxygen atoms in total. The van der Waals surface area contributed by atoms with Crippen LogP contribution in [0.2, 0.25) is 13.3 Å². The number of rotatable bonds is 12. The Morgan fingerprint density at radius 3 is 1.93 bits per heavy atom. The second-order valence-corrected chi connectivity index (χ2v) is 21.7. The van der Waals surface area contributed by atoms with Crippen molar-refractivity contribution in [3.05, 3.63) is 29.8 Å². The van der Waals surface area contributed by atoms with Gasteiger partial charge in [0.1, 0.15) is 0 Å². The third kappa shape index (κ3) is 5.71. The molecule has 1 N–H and O–H groups in total. The molecule has 166 valence electrons. The van der Waals surface area contributed by atoms with Crippen molar-refractivity contribution in [2.24, 2.45) is 0 Å². The predicted molar refractivity (Wildman–Crippen MR) is 118 cm³/mol. The van der Waals surface area contributed by atoms with E-state index in [-0.39, 0.29) is 12.8 Å². The molecule has 1 heterocycles. The number of nitrogens with zero attached hydrogens (tertiary/aromatic N) is 1. The van der Waals surface area contributed by atoms with E-state index in [2.05, 4.69) is 26.8 Å². The number of hydrogen-bond donors (Lipinski definition) is 1. The fraction of sp³-hybridized carbons (Fsp3) is 0.609. The first-order valence-electron chi connectivity index (χ1n) is 11.4. The van der Waals surface area contributed by atoms with Crippen LogP contribution in [0.3, 0.4) is 0 Å². The molecule has 0 aromatic heterocycles.